The quantitative estimate of drug-likeness (QED) is 0.721. The van der Waals surface area contributed by atoms with E-state index in [1.807, 2.05) is 54.6 Å². The summed E-state index contributed by atoms with van der Waals surface area (Å²) in [5.74, 6) is -0.666. The molecule has 0 saturated heterocycles. The van der Waals surface area contributed by atoms with Gasteiger partial charge in [0.05, 0.1) is 12.7 Å². The van der Waals surface area contributed by atoms with Gasteiger partial charge in [-0.15, -0.1) is 0 Å². The van der Waals surface area contributed by atoms with Crippen molar-refractivity contribution in [2.75, 3.05) is 12.4 Å². The lowest BCUT2D eigenvalue weighted by molar-refractivity contribution is 0.0600. The van der Waals surface area contributed by atoms with Gasteiger partial charge in [-0.3, -0.25) is 4.79 Å². The molecule has 0 bridgehead atoms. The normalized spacial score (nSPS) is 10.1. The van der Waals surface area contributed by atoms with E-state index in [9.17, 15) is 9.59 Å². The maximum Gasteiger partial charge on any atom is 0.337 e. The van der Waals surface area contributed by atoms with Crippen LogP contribution in [-0.4, -0.2) is 19.0 Å². The predicted octanol–water partition coefficient (Wildman–Crippen LogP) is 4.39. The summed E-state index contributed by atoms with van der Waals surface area (Å²) in [7, 11) is 1.32. The third kappa shape index (κ3) is 3.75. The van der Waals surface area contributed by atoms with Crippen LogP contribution >= 0.6 is 0 Å². The molecule has 0 saturated carbocycles. The Morgan fingerprint density at radius 2 is 1.36 bits per heavy atom. The number of rotatable bonds is 4. The molecular weight excluding hydrogens is 314 g/mol. The first-order valence-corrected chi connectivity index (χ1v) is 7.83. The minimum absolute atomic E-state index is 0.236. The molecule has 0 spiro atoms. The lowest BCUT2D eigenvalue weighted by Gasteiger charge is -2.11. The van der Waals surface area contributed by atoms with Crippen molar-refractivity contribution in [3.8, 4) is 11.1 Å². The molecule has 0 radical (unpaired) electrons. The summed E-state index contributed by atoms with van der Waals surface area (Å²) < 4.78 is 4.66. The molecule has 1 N–H and O–H groups in total. The number of ether oxygens (including phenoxy) is 1. The molecule has 4 heteroatoms. The molecule has 3 aromatic rings. The van der Waals surface area contributed by atoms with Crippen molar-refractivity contribution in [2.45, 2.75) is 0 Å². The second-order valence-electron chi connectivity index (χ2n) is 5.43. The first-order chi connectivity index (χ1) is 12.2. The van der Waals surface area contributed by atoms with Crippen LogP contribution in [-0.2, 0) is 4.74 Å². The van der Waals surface area contributed by atoms with Crippen molar-refractivity contribution in [2.24, 2.45) is 0 Å². The van der Waals surface area contributed by atoms with Crippen LogP contribution in [0.4, 0.5) is 5.69 Å². The van der Waals surface area contributed by atoms with E-state index in [-0.39, 0.29) is 5.91 Å². The van der Waals surface area contributed by atoms with E-state index < -0.39 is 5.97 Å². The maximum absolute atomic E-state index is 12.5. The SMILES string of the molecule is COC(=O)c1ccc(C(=O)Nc2ccccc2-c2ccccc2)cc1. The second-order valence-corrected chi connectivity index (χ2v) is 5.43. The Balaban J connectivity index is 1.83. The zero-order valence-electron chi connectivity index (χ0n) is 13.7. The van der Waals surface area contributed by atoms with Gasteiger partial charge in [-0.1, -0.05) is 48.5 Å². The third-order valence-electron chi connectivity index (χ3n) is 3.83. The zero-order chi connectivity index (χ0) is 17.6. The van der Waals surface area contributed by atoms with E-state index in [0.717, 1.165) is 16.8 Å². The summed E-state index contributed by atoms with van der Waals surface area (Å²) in [4.78, 5) is 24.0. The summed E-state index contributed by atoms with van der Waals surface area (Å²) in [6.07, 6.45) is 0. The number of hydrogen-bond acceptors (Lipinski definition) is 3. The second kappa shape index (κ2) is 7.45. The largest absolute Gasteiger partial charge is 0.465 e. The van der Waals surface area contributed by atoms with E-state index in [1.165, 1.54) is 7.11 Å². The molecule has 0 unspecified atom stereocenters. The van der Waals surface area contributed by atoms with Crippen LogP contribution in [0.1, 0.15) is 20.7 Å². The third-order valence-corrected chi connectivity index (χ3v) is 3.83. The number of benzene rings is 3. The van der Waals surface area contributed by atoms with Crippen LogP contribution in [0.2, 0.25) is 0 Å². The molecule has 124 valence electrons. The fraction of sp³-hybridized carbons (Fsp3) is 0.0476. The average molecular weight is 331 g/mol. The zero-order valence-corrected chi connectivity index (χ0v) is 13.7. The molecule has 4 nitrogen and oxygen atoms in total. The minimum atomic E-state index is -0.429. The number of nitrogens with one attached hydrogen (secondary N) is 1. The van der Waals surface area contributed by atoms with Crippen molar-refractivity contribution < 1.29 is 14.3 Å². The number of carbonyl (C=O) groups excluding carboxylic acids is 2. The Morgan fingerprint density at radius 1 is 0.760 bits per heavy atom. The number of hydrogen-bond donors (Lipinski definition) is 1. The number of para-hydroxylation sites is 1. The number of esters is 1. The highest BCUT2D eigenvalue weighted by molar-refractivity contribution is 6.06. The van der Waals surface area contributed by atoms with Crippen molar-refractivity contribution in [3.05, 3.63) is 90.0 Å². The first-order valence-electron chi connectivity index (χ1n) is 7.83. The van der Waals surface area contributed by atoms with Gasteiger partial charge in [0, 0.05) is 16.8 Å². The topological polar surface area (TPSA) is 55.4 Å². The summed E-state index contributed by atoms with van der Waals surface area (Å²) >= 11 is 0. The number of carbonyl (C=O) groups is 2. The molecule has 0 atom stereocenters. The van der Waals surface area contributed by atoms with Gasteiger partial charge in [0.2, 0.25) is 0 Å². The van der Waals surface area contributed by atoms with Crippen LogP contribution in [0.5, 0.6) is 0 Å². The van der Waals surface area contributed by atoms with Crippen LogP contribution in [0.25, 0.3) is 11.1 Å². The number of anilines is 1. The standard InChI is InChI=1S/C21H17NO3/c1-25-21(24)17-13-11-16(12-14-17)20(23)22-19-10-6-5-9-18(19)15-7-3-2-4-8-15/h2-14H,1H3,(H,22,23). The van der Waals surface area contributed by atoms with Crippen LogP contribution in [0.15, 0.2) is 78.9 Å². The molecule has 0 heterocycles. The van der Waals surface area contributed by atoms with E-state index in [0.29, 0.717) is 11.1 Å². The van der Waals surface area contributed by atoms with Gasteiger partial charge < -0.3 is 10.1 Å². The summed E-state index contributed by atoms with van der Waals surface area (Å²) in [6.45, 7) is 0. The van der Waals surface area contributed by atoms with Gasteiger partial charge in [-0.05, 0) is 35.9 Å². The maximum atomic E-state index is 12.5. The smallest absolute Gasteiger partial charge is 0.337 e. The van der Waals surface area contributed by atoms with Crippen molar-refractivity contribution in [3.63, 3.8) is 0 Å². The minimum Gasteiger partial charge on any atom is -0.465 e. The van der Waals surface area contributed by atoms with Gasteiger partial charge >= 0.3 is 5.97 Å². The Morgan fingerprint density at radius 3 is 2.04 bits per heavy atom. The van der Waals surface area contributed by atoms with Crippen LogP contribution < -0.4 is 5.32 Å². The molecule has 3 rings (SSSR count). The molecule has 0 fully saturated rings. The molecule has 1 amide bonds. The fourth-order valence-electron chi connectivity index (χ4n) is 2.53. The lowest BCUT2D eigenvalue weighted by atomic mass is 10.0. The molecule has 3 aromatic carbocycles. The predicted molar refractivity (Wildman–Crippen MR) is 97.6 cm³/mol. The average Bonchev–Trinajstić information content (AvgIpc) is 2.68. The Hall–Kier alpha value is -3.40. The Labute approximate surface area is 146 Å². The van der Waals surface area contributed by atoms with Crippen molar-refractivity contribution >= 4 is 17.6 Å². The van der Waals surface area contributed by atoms with Gasteiger partial charge in [0.15, 0.2) is 0 Å². The van der Waals surface area contributed by atoms with E-state index in [4.69, 9.17) is 0 Å². The number of amides is 1. The van der Waals surface area contributed by atoms with Crippen LogP contribution in [0.3, 0.4) is 0 Å². The molecule has 0 aliphatic rings. The van der Waals surface area contributed by atoms with Crippen molar-refractivity contribution in [1.82, 2.24) is 0 Å². The fourth-order valence-corrected chi connectivity index (χ4v) is 2.53. The number of methoxy groups -OCH3 is 1. The first kappa shape index (κ1) is 16.5. The highest BCUT2D eigenvalue weighted by atomic mass is 16.5. The summed E-state index contributed by atoms with van der Waals surface area (Å²) in [5, 5.41) is 2.93. The Bertz CT molecular complexity index is 887. The summed E-state index contributed by atoms with van der Waals surface area (Å²) in [6, 6.07) is 23.9. The lowest BCUT2D eigenvalue weighted by Crippen LogP contribution is -2.13. The monoisotopic (exact) mass is 331 g/mol. The van der Waals surface area contributed by atoms with Gasteiger partial charge in [-0.2, -0.15) is 0 Å². The Kier molecular flexibility index (Phi) is 4.90. The van der Waals surface area contributed by atoms with Gasteiger partial charge in [-0.25, -0.2) is 4.79 Å². The molecule has 0 aromatic heterocycles. The highest BCUT2D eigenvalue weighted by Gasteiger charge is 2.11. The van der Waals surface area contributed by atoms with E-state index in [2.05, 4.69) is 10.1 Å². The van der Waals surface area contributed by atoms with Crippen molar-refractivity contribution in [1.29, 1.82) is 0 Å². The molecule has 0 aliphatic carbocycles. The molecule has 0 aliphatic heterocycles. The molecular formula is C21H17NO3. The van der Waals surface area contributed by atoms with Gasteiger partial charge in [0.25, 0.3) is 5.91 Å². The van der Waals surface area contributed by atoms with Crippen LogP contribution in [0, 0.1) is 0 Å². The summed E-state index contributed by atoms with van der Waals surface area (Å²) in [5.41, 5.74) is 3.58. The highest BCUT2D eigenvalue weighted by Crippen LogP contribution is 2.27. The molecule has 25 heavy (non-hydrogen) atoms. The van der Waals surface area contributed by atoms with E-state index >= 15 is 0 Å². The van der Waals surface area contributed by atoms with E-state index in [1.54, 1.807) is 24.3 Å². The van der Waals surface area contributed by atoms with Gasteiger partial charge in [0.1, 0.15) is 0 Å².